The zero-order chi connectivity index (χ0) is 10.6. The van der Waals surface area contributed by atoms with Crippen molar-refractivity contribution < 1.29 is 4.42 Å². The van der Waals surface area contributed by atoms with Crippen molar-refractivity contribution in [2.75, 3.05) is 0 Å². The lowest BCUT2D eigenvalue weighted by Gasteiger charge is -2.26. The van der Waals surface area contributed by atoms with Gasteiger partial charge < -0.3 is 9.73 Å². The molecule has 0 radical (unpaired) electrons. The van der Waals surface area contributed by atoms with Crippen LogP contribution in [-0.4, -0.2) is 0 Å². The molecule has 1 atom stereocenters. The van der Waals surface area contributed by atoms with Crippen molar-refractivity contribution in [3.8, 4) is 0 Å². The molecule has 1 aromatic heterocycles. The van der Waals surface area contributed by atoms with Crippen molar-refractivity contribution >= 4 is 11.6 Å². The molecule has 1 aliphatic carbocycles. The first-order valence-electron chi connectivity index (χ1n) is 5.02. The fraction of sp³-hybridized carbons (Fsp3) is 0.333. The van der Waals surface area contributed by atoms with Gasteiger partial charge in [0.25, 0.3) is 0 Å². The number of allylic oxidation sites excluding steroid dienone is 2. The third kappa shape index (κ3) is 1.06. The summed E-state index contributed by atoms with van der Waals surface area (Å²) >= 11 is 6.01. The molecule has 15 heavy (non-hydrogen) atoms. The second-order valence-corrected chi connectivity index (χ2v) is 4.99. The molecule has 1 unspecified atom stereocenters. The summed E-state index contributed by atoms with van der Waals surface area (Å²) in [6.07, 6.45) is 5.62. The van der Waals surface area contributed by atoms with E-state index in [9.17, 15) is 0 Å². The molecule has 1 aromatic rings. The van der Waals surface area contributed by atoms with Gasteiger partial charge in [0, 0.05) is 17.2 Å². The van der Waals surface area contributed by atoms with Gasteiger partial charge in [-0.05, 0) is 17.7 Å². The molecule has 78 valence electrons. The van der Waals surface area contributed by atoms with Gasteiger partial charge in [-0.1, -0.05) is 25.4 Å². The van der Waals surface area contributed by atoms with Crippen LogP contribution in [0, 0.1) is 0 Å². The van der Waals surface area contributed by atoms with E-state index in [4.69, 9.17) is 16.0 Å². The minimum Gasteiger partial charge on any atom is -0.466 e. The Morgan fingerprint density at radius 1 is 1.47 bits per heavy atom. The Morgan fingerprint density at radius 2 is 2.27 bits per heavy atom. The SMILES string of the molecule is CC1(C)C2=CC(Cl)=CNC2c2occc21. The zero-order valence-corrected chi connectivity index (χ0v) is 9.43. The molecular weight excluding hydrogens is 210 g/mol. The van der Waals surface area contributed by atoms with E-state index in [-0.39, 0.29) is 11.5 Å². The molecule has 0 aromatic carbocycles. The number of hydrogen-bond donors (Lipinski definition) is 1. The molecule has 3 rings (SSSR count). The number of fused-ring (bicyclic) bond motifs is 3. The summed E-state index contributed by atoms with van der Waals surface area (Å²) in [4.78, 5) is 0. The van der Waals surface area contributed by atoms with Crippen LogP contribution in [0.25, 0.3) is 0 Å². The lowest BCUT2D eigenvalue weighted by Crippen LogP contribution is -2.24. The Kier molecular flexibility index (Phi) is 1.64. The Labute approximate surface area is 93.6 Å². The predicted molar refractivity (Wildman–Crippen MR) is 59.6 cm³/mol. The number of dihydropyridines is 1. The molecular formula is C12H12ClNO. The molecule has 3 heteroatoms. The minimum absolute atomic E-state index is 0.00833. The van der Waals surface area contributed by atoms with E-state index >= 15 is 0 Å². The molecule has 2 nitrogen and oxygen atoms in total. The largest absolute Gasteiger partial charge is 0.466 e. The monoisotopic (exact) mass is 221 g/mol. The van der Waals surface area contributed by atoms with E-state index in [1.807, 2.05) is 18.3 Å². The summed E-state index contributed by atoms with van der Waals surface area (Å²) in [5.74, 6) is 1.02. The van der Waals surface area contributed by atoms with E-state index in [1.54, 1.807) is 6.26 Å². The van der Waals surface area contributed by atoms with Crippen LogP contribution in [0.5, 0.6) is 0 Å². The molecule has 0 amide bonds. The Morgan fingerprint density at radius 3 is 3.07 bits per heavy atom. The van der Waals surface area contributed by atoms with Gasteiger partial charge in [-0.2, -0.15) is 0 Å². The maximum absolute atomic E-state index is 6.01. The molecule has 0 fully saturated rings. The Bertz CT molecular complexity index is 482. The smallest absolute Gasteiger partial charge is 0.134 e. The maximum Gasteiger partial charge on any atom is 0.134 e. The average Bonchev–Trinajstić information content (AvgIpc) is 2.72. The van der Waals surface area contributed by atoms with Crippen molar-refractivity contribution in [2.24, 2.45) is 0 Å². The Hall–Kier alpha value is -1.15. The summed E-state index contributed by atoms with van der Waals surface area (Å²) < 4.78 is 5.54. The maximum atomic E-state index is 6.01. The highest BCUT2D eigenvalue weighted by Gasteiger charge is 2.44. The summed E-state index contributed by atoms with van der Waals surface area (Å²) in [5.41, 5.74) is 2.55. The van der Waals surface area contributed by atoms with Crippen molar-refractivity contribution in [2.45, 2.75) is 25.3 Å². The summed E-state index contributed by atoms with van der Waals surface area (Å²) in [5, 5.41) is 4.02. The molecule has 2 heterocycles. The molecule has 1 N–H and O–H groups in total. The summed E-state index contributed by atoms with van der Waals surface area (Å²) in [7, 11) is 0. The van der Waals surface area contributed by atoms with Gasteiger partial charge in [0.15, 0.2) is 0 Å². The van der Waals surface area contributed by atoms with E-state index in [0.29, 0.717) is 0 Å². The van der Waals surface area contributed by atoms with Crippen molar-refractivity contribution in [3.63, 3.8) is 0 Å². The number of rotatable bonds is 0. The highest BCUT2D eigenvalue weighted by Crippen LogP contribution is 2.50. The topological polar surface area (TPSA) is 25.2 Å². The van der Waals surface area contributed by atoms with Gasteiger partial charge in [-0.15, -0.1) is 0 Å². The van der Waals surface area contributed by atoms with Crippen molar-refractivity contribution in [1.29, 1.82) is 0 Å². The van der Waals surface area contributed by atoms with Gasteiger partial charge in [0.05, 0.1) is 11.3 Å². The first-order valence-corrected chi connectivity index (χ1v) is 5.40. The lowest BCUT2D eigenvalue weighted by molar-refractivity contribution is 0.469. The van der Waals surface area contributed by atoms with E-state index in [1.165, 1.54) is 11.1 Å². The number of halogens is 1. The van der Waals surface area contributed by atoms with Gasteiger partial charge in [0.1, 0.15) is 11.8 Å². The van der Waals surface area contributed by atoms with Crippen LogP contribution >= 0.6 is 11.6 Å². The van der Waals surface area contributed by atoms with Crippen LogP contribution in [0.3, 0.4) is 0 Å². The fourth-order valence-corrected chi connectivity index (χ4v) is 2.68. The molecule has 0 spiro atoms. The first kappa shape index (κ1) is 9.10. The van der Waals surface area contributed by atoms with Crippen LogP contribution in [0.1, 0.15) is 31.2 Å². The lowest BCUT2D eigenvalue weighted by atomic mass is 9.82. The van der Waals surface area contributed by atoms with Crippen LogP contribution in [-0.2, 0) is 5.41 Å². The van der Waals surface area contributed by atoms with Crippen molar-refractivity contribution in [1.82, 2.24) is 5.32 Å². The van der Waals surface area contributed by atoms with E-state index < -0.39 is 0 Å². The summed E-state index contributed by atoms with van der Waals surface area (Å²) in [6, 6.07) is 2.21. The number of nitrogens with one attached hydrogen (secondary N) is 1. The Balaban J connectivity index is 2.21. The summed E-state index contributed by atoms with van der Waals surface area (Å²) in [6.45, 7) is 4.40. The second-order valence-electron chi connectivity index (χ2n) is 4.55. The van der Waals surface area contributed by atoms with Gasteiger partial charge in [-0.25, -0.2) is 0 Å². The quantitative estimate of drug-likeness (QED) is 0.728. The van der Waals surface area contributed by atoms with Crippen LogP contribution < -0.4 is 5.32 Å². The highest BCUT2D eigenvalue weighted by molar-refractivity contribution is 6.31. The van der Waals surface area contributed by atoms with Crippen LogP contribution in [0.4, 0.5) is 0 Å². The van der Waals surface area contributed by atoms with Gasteiger partial charge in [-0.3, -0.25) is 0 Å². The fourth-order valence-electron chi connectivity index (χ4n) is 2.50. The minimum atomic E-state index is 0.00833. The third-order valence-electron chi connectivity index (χ3n) is 3.34. The van der Waals surface area contributed by atoms with Crippen molar-refractivity contribution in [3.05, 3.63) is 46.5 Å². The highest BCUT2D eigenvalue weighted by atomic mass is 35.5. The van der Waals surface area contributed by atoms with Crippen LogP contribution in [0.2, 0.25) is 0 Å². The standard InChI is InChI=1S/C12H12ClNO/c1-12(2)8-3-4-15-11(8)10-9(12)5-7(13)6-14-10/h3-6,10,14H,1-2H3. The number of furan rings is 1. The van der Waals surface area contributed by atoms with Crippen LogP contribution in [0.15, 0.2) is 39.6 Å². The van der Waals surface area contributed by atoms with Gasteiger partial charge in [0.2, 0.25) is 0 Å². The van der Waals surface area contributed by atoms with E-state index in [0.717, 1.165) is 10.8 Å². The third-order valence-corrected chi connectivity index (χ3v) is 3.56. The average molecular weight is 222 g/mol. The molecule has 0 saturated heterocycles. The van der Waals surface area contributed by atoms with Gasteiger partial charge >= 0.3 is 0 Å². The first-order chi connectivity index (χ1) is 7.10. The number of hydrogen-bond acceptors (Lipinski definition) is 2. The molecule has 0 bridgehead atoms. The predicted octanol–water partition coefficient (Wildman–Crippen LogP) is 3.22. The van der Waals surface area contributed by atoms with E-state index in [2.05, 4.69) is 19.2 Å². The molecule has 1 aliphatic heterocycles. The molecule has 0 saturated carbocycles. The molecule has 2 aliphatic rings. The second kappa shape index (κ2) is 2.70. The zero-order valence-electron chi connectivity index (χ0n) is 8.67. The normalized spacial score (nSPS) is 26.2.